The summed E-state index contributed by atoms with van der Waals surface area (Å²) in [5.41, 5.74) is 0. The standard InChI is InChI=1S/C15H25NO3/c1-11-3-2-9-16(10-8-11)14(17)12-4-6-13(7-5-12)15(18)19/h11-13H,2-10H2,1H3,(H,18,19). The van der Waals surface area contributed by atoms with Crippen LogP contribution in [0.1, 0.15) is 51.9 Å². The fourth-order valence-electron chi connectivity index (χ4n) is 3.33. The van der Waals surface area contributed by atoms with Crippen molar-refractivity contribution >= 4 is 11.9 Å². The van der Waals surface area contributed by atoms with Gasteiger partial charge in [-0.1, -0.05) is 6.92 Å². The largest absolute Gasteiger partial charge is 0.481 e. The van der Waals surface area contributed by atoms with Crippen molar-refractivity contribution in [3.8, 4) is 0 Å². The van der Waals surface area contributed by atoms with E-state index in [9.17, 15) is 9.59 Å². The van der Waals surface area contributed by atoms with Crippen LogP contribution in [0.2, 0.25) is 0 Å². The van der Waals surface area contributed by atoms with E-state index in [0.29, 0.717) is 12.8 Å². The van der Waals surface area contributed by atoms with Crippen LogP contribution in [0, 0.1) is 17.8 Å². The number of carbonyl (C=O) groups is 2. The quantitative estimate of drug-likeness (QED) is 0.836. The van der Waals surface area contributed by atoms with Crippen LogP contribution in [0.3, 0.4) is 0 Å². The van der Waals surface area contributed by atoms with Gasteiger partial charge in [-0.25, -0.2) is 0 Å². The molecule has 1 saturated carbocycles. The van der Waals surface area contributed by atoms with Gasteiger partial charge in [0.1, 0.15) is 0 Å². The fraction of sp³-hybridized carbons (Fsp3) is 0.867. The second-order valence-electron chi connectivity index (χ2n) is 6.25. The number of carboxylic acid groups (broad SMARTS) is 1. The van der Waals surface area contributed by atoms with E-state index in [-0.39, 0.29) is 17.7 Å². The second-order valence-corrected chi connectivity index (χ2v) is 6.25. The van der Waals surface area contributed by atoms with E-state index in [0.717, 1.165) is 44.7 Å². The van der Waals surface area contributed by atoms with E-state index in [1.165, 1.54) is 6.42 Å². The summed E-state index contributed by atoms with van der Waals surface area (Å²) in [4.78, 5) is 25.4. The third kappa shape index (κ3) is 3.71. The van der Waals surface area contributed by atoms with Crippen molar-refractivity contribution in [1.82, 2.24) is 4.90 Å². The maximum Gasteiger partial charge on any atom is 0.306 e. The Hall–Kier alpha value is -1.06. The number of hydrogen-bond acceptors (Lipinski definition) is 2. The Morgan fingerprint density at radius 1 is 0.947 bits per heavy atom. The molecule has 19 heavy (non-hydrogen) atoms. The summed E-state index contributed by atoms with van der Waals surface area (Å²) in [5, 5.41) is 8.98. The lowest BCUT2D eigenvalue weighted by Gasteiger charge is -2.30. The number of carboxylic acids is 1. The Kier molecular flexibility index (Phi) is 4.83. The number of aliphatic carboxylic acids is 1. The molecule has 2 aliphatic rings. The molecule has 0 aromatic heterocycles. The number of carbonyl (C=O) groups excluding carboxylic acids is 1. The Morgan fingerprint density at radius 3 is 2.21 bits per heavy atom. The molecule has 1 amide bonds. The monoisotopic (exact) mass is 267 g/mol. The first-order chi connectivity index (χ1) is 9.08. The number of amides is 1. The van der Waals surface area contributed by atoms with Crippen LogP contribution in [-0.4, -0.2) is 35.0 Å². The molecule has 1 N–H and O–H groups in total. The Labute approximate surface area is 115 Å². The van der Waals surface area contributed by atoms with Gasteiger partial charge in [0.2, 0.25) is 5.91 Å². The number of hydrogen-bond donors (Lipinski definition) is 1. The lowest BCUT2D eigenvalue weighted by Crippen LogP contribution is -2.39. The molecule has 4 heteroatoms. The van der Waals surface area contributed by atoms with Gasteiger partial charge in [-0.2, -0.15) is 0 Å². The van der Waals surface area contributed by atoms with Crippen molar-refractivity contribution in [3.63, 3.8) is 0 Å². The number of nitrogens with zero attached hydrogens (tertiary/aromatic N) is 1. The van der Waals surface area contributed by atoms with Gasteiger partial charge in [0.25, 0.3) is 0 Å². The Balaban J connectivity index is 1.85. The molecule has 2 rings (SSSR count). The molecule has 0 spiro atoms. The molecule has 1 aliphatic heterocycles. The highest BCUT2D eigenvalue weighted by atomic mass is 16.4. The molecule has 108 valence electrons. The fourth-order valence-corrected chi connectivity index (χ4v) is 3.33. The molecular weight excluding hydrogens is 242 g/mol. The number of rotatable bonds is 2. The first-order valence-electron chi connectivity index (χ1n) is 7.59. The van der Waals surface area contributed by atoms with Crippen molar-refractivity contribution in [2.24, 2.45) is 17.8 Å². The lowest BCUT2D eigenvalue weighted by molar-refractivity contribution is -0.145. The Bertz CT molecular complexity index is 334. The van der Waals surface area contributed by atoms with E-state index in [2.05, 4.69) is 6.92 Å². The van der Waals surface area contributed by atoms with Gasteiger partial charge < -0.3 is 10.0 Å². The minimum atomic E-state index is -0.700. The summed E-state index contributed by atoms with van der Waals surface area (Å²) in [6.07, 6.45) is 6.26. The van der Waals surface area contributed by atoms with Gasteiger partial charge in [0.05, 0.1) is 5.92 Å². The van der Waals surface area contributed by atoms with Crippen LogP contribution in [0.15, 0.2) is 0 Å². The smallest absolute Gasteiger partial charge is 0.306 e. The zero-order valence-electron chi connectivity index (χ0n) is 11.8. The van der Waals surface area contributed by atoms with Gasteiger partial charge in [0.15, 0.2) is 0 Å². The van der Waals surface area contributed by atoms with Crippen LogP contribution in [-0.2, 0) is 9.59 Å². The molecule has 1 aliphatic carbocycles. The van der Waals surface area contributed by atoms with E-state index in [4.69, 9.17) is 5.11 Å². The molecule has 0 bridgehead atoms. The third-order valence-electron chi connectivity index (χ3n) is 4.75. The van der Waals surface area contributed by atoms with E-state index >= 15 is 0 Å². The predicted molar refractivity (Wildman–Crippen MR) is 72.7 cm³/mol. The van der Waals surface area contributed by atoms with Crippen molar-refractivity contribution in [2.75, 3.05) is 13.1 Å². The first-order valence-corrected chi connectivity index (χ1v) is 7.59. The molecule has 2 fully saturated rings. The maximum atomic E-state index is 12.5. The number of likely N-dealkylation sites (tertiary alicyclic amines) is 1. The molecule has 4 nitrogen and oxygen atoms in total. The Morgan fingerprint density at radius 2 is 1.58 bits per heavy atom. The van der Waals surface area contributed by atoms with Gasteiger partial charge in [0, 0.05) is 19.0 Å². The van der Waals surface area contributed by atoms with Gasteiger partial charge >= 0.3 is 5.97 Å². The SMILES string of the molecule is CC1CCCN(C(=O)C2CCC(C(=O)O)CC2)CC1. The normalized spacial score (nSPS) is 32.7. The molecule has 0 radical (unpaired) electrons. The highest BCUT2D eigenvalue weighted by molar-refractivity contribution is 5.79. The van der Waals surface area contributed by atoms with Crippen molar-refractivity contribution < 1.29 is 14.7 Å². The van der Waals surface area contributed by atoms with Gasteiger partial charge in [-0.15, -0.1) is 0 Å². The van der Waals surface area contributed by atoms with E-state index in [1.54, 1.807) is 0 Å². The van der Waals surface area contributed by atoms with Crippen molar-refractivity contribution in [2.45, 2.75) is 51.9 Å². The molecule has 1 saturated heterocycles. The highest BCUT2D eigenvalue weighted by Gasteiger charge is 2.32. The predicted octanol–water partition coefficient (Wildman–Crippen LogP) is 2.53. The van der Waals surface area contributed by atoms with E-state index < -0.39 is 5.97 Å². The van der Waals surface area contributed by atoms with Gasteiger partial charge in [-0.3, -0.25) is 9.59 Å². The molecule has 0 aromatic carbocycles. The molecule has 1 atom stereocenters. The summed E-state index contributed by atoms with van der Waals surface area (Å²) in [7, 11) is 0. The van der Waals surface area contributed by atoms with Crippen LogP contribution < -0.4 is 0 Å². The summed E-state index contributed by atoms with van der Waals surface area (Å²) >= 11 is 0. The molecule has 1 unspecified atom stereocenters. The van der Waals surface area contributed by atoms with Crippen molar-refractivity contribution in [3.05, 3.63) is 0 Å². The summed E-state index contributed by atoms with van der Waals surface area (Å²) in [6, 6.07) is 0. The first kappa shape index (κ1) is 14.4. The average molecular weight is 267 g/mol. The van der Waals surface area contributed by atoms with Crippen molar-refractivity contribution in [1.29, 1.82) is 0 Å². The summed E-state index contributed by atoms with van der Waals surface area (Å²) in [5.74, 6) is 0.144. The van der Waals surface area contributed by atoms with Crippen LogP contribution in [0.4, 0.5) is 0 Å². The molecule has 0 aromatic rings. The van der Waals surface area contributed by atoms with Crippen LogP contribution in [0.5, 0.6) is 0 Å². The van der Waals surface area contributed by atoms with E-state index in [1.807, 2.05) is 4.90 Å². The average Bonchev–Trinajstić information content (AvgIpc) is 2.63. The lowest BCUT2D eigenvalue weighted by atomic mass is 9.81. The highest BCUT2D eigenvalue weighted by Crippen LogP contribution is 2.31. The second kappa shape index (κ2) is 6.40. The zero-order chi connectivity index (χ0) is 13.8. The third-order valence-corrected chi connectivity index (χ3v) is 4.75. The molecular formula is C15H25NO3. The minimum Gasteiger partial charge on any atom is -0.481 e. The summed E-state index contributed by atoms with van der Waals surface area (Å²) in [6.45, 7) is 4.03. The maximum absolute atomic E-state index is 12.5. The van der Waals surface area contributed by atoms with Crippen LogP contribution >= 0.6 is 0 Å². The molecule has 1 heterocycles. The van der Waals surface area contributed by atoms with Gasteiger partial charge in [-0.05, 0) is 50.9 Å². The van der Waals surface area contributed by atoms with Crippen LogP contribution in [0.25, 0.3) is 0 Å². The summed E-state index contributed by atoms with van der Waals surface area (Å²) < 4.78 is 0. The zero-order valence-corrected chi connectivity index (χ0v) is 11.8. The topological polar surface area (TPSA) is 57.6 Å². The minimum absolute atomic E-state index is 0.0732.